The van der Waals surface area contributed by atoms with Crippen LogP contribution in [0.3, 0.4) is 0 Å². The number of benzene rings is 1. The molecule has 0 bridgehead atoms. The maximum atomic E-state index is 12.0. The highest BCUT2D eigenvalue weighted by molar-refractivity contribution is 5.93. The van der Waals surface area contributed by atoms with Gasteiger partial charge in [0.1, 0.15) is 0 Å². The quantitative estimate of drug-likeness (QED) is 0.820. The molecule has 0 unspecified atom stereocenters. The van der Waals surface area contributed by atoms with Crippen LogP contribution in [-0.2, 0) is 4.79 Å². The molecule has 1 aromatic carbocycles. The van der Waals surface area contributed by atoms with Gasteiger partial charge >= 0.3 is 0 Å². The molecule has 4 nitrogen and oxygen atoms in total. The second-order valence-electron chi connectivity index (χ2n) is 5.61. The molecule has 1 aromatic rings. The molecule has 0 saturated carbocycles. The number of nitrogens with zero attached hydrogens (tertiary/aromatic N) is 1. The van der Waals surface area contributed by atoms with E-state index in [1.54, 1.807) is 0 Å². The van der Waals surface area contributed by atoms with E-state index < -0.39 is 0 Å². The van der Waals surface area contributed by atoms with Gasteiger partial charge in [-0.2, -0.15) is 0 Å². The van der Waals surface area contributed by atoms with Crippen LogP contribution in [0.25, 0.3) is 0 Å². The van der Waals surface area contributed by atoms with Crippen LogP contribution in [0.2, 0.25) is 0 Å². The molecule has 1 amide bonds. The Morgan fingerprint density at radius 1 is 1.53 bits per heavy atom. The fraction of sp³-hybridized carbons (Fsp3) is 0.533. The number of nitrogen functional groups attached to an aromatic ring is 1. The molecule has 1 saturated heterocycles. The fourth-order valence-corrected chi connectivity index (χ4v) is 2.65. The fourth-order valence-electron chi connectivity index (χ4n) is 2.65. The number of likely N-dealkylation sites (tertiary alicyclic amines) is 1. The molecule has 104 valence electrons. The smallest absolute Gasteiger partial charge is 0.238 e. The predicted octanol–water partition coefficient (Wildman–Crippen LogP) is 2.25. The number of piperidine rings is 1. The third-order valence-corrected chi connectivity index (χ3v) is 3.63. The summed E-state index contributed by atoms with van der Waals surface area (Å²) in [6.07, 6.45) is 2.46. The van der Waals surface area contributed by atoms with Gasteiger partial charge in [-0.3, -0.25) is 9.69 Å². The molecule has 1 aliphatic rings. The van der Waals surface area contributed by atoms with Gasteiger partial charge in [0.2, 0.25) is 5.91 Å². The van der Waals surface area contributed by atoms with Gasteiger partial charge in [-0.15, -0.1) is 0 Å². The lowest BCUT2D eigenvalue weighted by Gasteiger charge is -2.30. The molecule has 0 radical (unpaired) electrons. The van der Waals surface area contributed by atoms with Crippen molar-refractivity contribution in [2.24, 2.45) is 5.92 Å². The monoisotopic (exact) mass is 261 g/mol. The number of hydrogen-bond donors (Lipinski definition) is 2. The summed E-state index contributed by atoms with van der Waals surface area (Å²) in [7, 11) is 0. The third-order valence-electron chi connectivity index (χ3n) is 3.63. The van der Waals surface area contributed by atoms with E-state index >= 15 is 0 Å². The molecular weight excluding hydrogens is 238 g/mol. The molecule has 1 aliphatic heterocycles. The minimum atomic E-state index is 0.0574. The van der Waals surface area contributed by atoms with Crippen molar-refractivity contribution in [3.05, 3.63) is 23.8 Å². The Hall–Kier alpha value is -1.55. The molecule has 0 aliphatic carbocycles. The van der Waals surface area contributed by atoms with Crippen molar-refractivity contribution >= 4 is 17.3 Å². The molecule has 3 N–H and O–H groups in total. The maximum absolute atomic E-state index is 12.0. The molecular formula is C15H23N3O. The van der Waals surface area contributed by atoms with Crippen molar-refractivity contribution < 1.29 is 4.79 Å². The van der Waals surface area contributed by atoms with Crippen molar-refractivity contribution in [2.45, 2.75) is 26.7 Å². The van der Waals surface area contributed by atoms with E-state index in [1.165, 1.54) is 12.8 Å². The number of nitrogens with two attached hydrogens (primary N) is 1. The molecule has 1 fully saturated rings. The third kappa shape index (κ3) is 3.96. The van der Waals surface area contributed by atoms with Gasteiger partial charge in [0.25, 0.3) is 0 Å². The Bertz CT molecular complexity index is 459. The summed E-state index contributed by atoms with van der Waals surface area (Å²) in [5.74, 6) is 0.752. The van der Waals surface area contributed by atoms with Gasteiger partial charge in [0.05, 0.1) is 6.54 Å². The van der Waals surface area contributed by atoms with E-state index in [0.717, 1.165) is 30.0 Å². The first kappa shape index (κ1) is 13.9. The van der Waals surface area contributed by atoms with Crippen molar-refractivity contribution in [2.75, 3.05) is 30.7 Å². The van der Waals surface area contributed by atoms with Crippen LogP contribution in [0.15, 0.2) is 18.2 Å². The van der Waals surface area contributed by atoms with Gasteiger partial charge in [-0.05, 0) is 56.0 Å². The maximum Gasteiger partial charge on any atom is 0.238 e. The summed E-state index contributed by atoms with van der Waals surface area (Å²) < 4.78 is 0. The Kier molecular flexibility index (Phi) is 4.43. The number of aryl methyl sites for hydroxylation is 1. The SMILES string of the molecule is Cc1cc(N)ccc1NC(=O)CN1CCC[C@@H](C)C1. The van der Waals surface area contributed by atoms with Crippen molar-refractivity contribution in [3.63, 3.8) is 0 Å². The average molecular weight is 261 g/mol. The summed E-state index contributed by atoms with van der Waals surface area (Å²) in [4.78, 5) is 14.3. The summed E-state index contributed by atoms with van der Waals surface area (Å²) in [5, 5.41) is 2.96. The van der Waals surface area contributed by atoms with Gasteiger partial charge in [0.15, 0.2) is 0 Å². The number of hydrogen-bond acceptors (Lipinski definition) is 3. The number of carbonyl (C=O) groups excluding carboxylic acids is 1. The predicted molar refractivity (Wildman–Crippen MR) is 79.1 cm³/mol. The molecule has 2 rings (SSSR count). The first-order valence-electron chi connectivity index (χ1n) is 6.93. The number of anilines is 2. The van der Waals surface area contributed by atoms with Crippen molar-refractivity contribution in [1.82, 2.24) is 4.90 Å². The highest BCUT2D eigenvalue weighted by Gasteiger charge is 2.18. The van der Waals surface area contributed by atoms with Gasteiger partial charge in [0, 0.05) is 17.9 Å². The van der Waals surface area contributed by atoms with Crippen LogP contribution in [0.5, 0.6) is 0 Å². The first-order valence-corrected chi connectivity index (χ1v) is 6.93. The van der Waals surface area contributed by atoms with Crippen LogP contribution in [0, 0.1) is 12.8 Å². The Balaban J connectivity index is 1.90. The van der Waals surface area contributed by atoms with Gasteiger partial charge < -0.3 is 11.1 Å². The van der Waals surface area contributed by atoms with Crippen LogP contribution in [0.1, 0.15) is 25.3 Å². The lowest BCUT2D eigenvalue weighted by molar-refractivity contribution is -0.117. The average Bonchev–Trinajstić information content (AvgIpc) is 2.33. The number of carbonyl (C=O) groups is 1. The second-order valence-corrected chi connectivity index (χ2v) is 5.61. The molecule has 1 atom stereocenters. The Labute approximate surface area is 115 Å². The van der Waals surface area contributed by atoms with Gasteiger partial charge in [-0.25, -0.2) is 0 Å². The van der Waals surface area contributed by atoms with E-state index in [4.69, 9.17) is 5.73 Å². The zero-order valence-corrected chi connectivity index (χ0v) is 11.8. The van der Waals surface area contributed by atoms with E-state index in [-0.39, 0.29) is 5.91 Å². The van der Waals surface area contributed by atoms with Crippen LogP contribution < -0.4 is 11.1 Å². The van der Waals surface area contributed by atoms with Crippen molar-refractivity contribution in [3.8, 4) is 0 Å². The van der Waals surface area contributed by atoms with E-state index in [1.807, 2.05) is 25.1 Å². The van der Waals surface area contributed by atoms with Crippen molar-refractivity contribution in [1.29, 1.82) is 0 Å². The number of amides is 1. The Morgan fingerprint density at radius 2 is 2.32 bits per heavy atom. The van der Waals surface area contributed by atoms with Crippen LogP contribution >= 0.6 is 0 Å². The number of rotatable bonds is 3. The molecule has 4 heteroatoms. The summed E-state index contributed by atoms with van der Waals surface area (Å²) in [6.45, 7) is 6.73. The summed E-state index contributed by atoms with van der Waals surface area (Å²) >= 11 is 0. The zero-order valence-electron chi connectivity index (χ0n) is 11.8. The zero-order chi connectivity index (χ0) is 13.8. The minimum absolute atomic E-state index is 0.0574. The largest absolute Gasteiger partial charge is 0.399 e. The molecule has 0 spiro atoms. The molecule has 1 heterocycles. The van der Waals surface area contributed by atoms with E-state index in [9.17, 15) is 4.79 Å². The molecule has 19 heavy (non-hydrogen) atoms. The molecule has 0 aromatic heterocycles. The summed E-state index contributed by atoms with van der Waals surface area (Å²) in [5.41, 5.74) is 8.28. The summed E-state index contributed by atoms with van der Waals surface area (Å²) in [6, 6.07) is 5.55. The van der Waals surface area contributed by atoms with Crippen LogP contribution in [-0.4, -0.2) is 30.4 Å². The first-order chi connectivity index (χ1) is 9.04. The normalized spacial score (nSPS) is 20.2. The van der Waals surface area contributed by atoms with Gasteiger partial charge in [-0.1, -0.05) is 6.92 Å². The number of nitrogens with one attached hydrogen (secondary N) is 1. The van der Waals surface area contributed by atoms with E-state index in [2.05, 4.69) is 17.1 Å². The standard InChI is InChI=1S/C15H23N3O/c1-11-4-3-7-18(9-11)10-15(19)17-14-6-5-13(16)8-12(14)2/h5-6,8,11H,3-4,7,9-10,16H2,1-2H3,(H,17,19)/t11-/m1/s1. The topological polar surface area (TPSA) is 58.4 Å². The van der Waals surface area contributed by atoms with Crippen LogP contribution in [0.4, 0.5) is 11.4 Å². The second kappa shape index (κ2) is 6.06. The van der Waals surface area contributed by atoms with E-state index in [0.29, 0.717) is 12.5 Å². The lowest BCUT2D eigenvalue weighted by Crippen LogP contribution is -2.39. The lowest BCUT2D eigenvalue weighted by atomic mass is 10.0. The Morgan fingerprint density at radius 3 is 3.00 bits per heavy atom. The highest BCUT2D eigenvalue weighted by atomic mass is 16.2. The minimum Gasteiger partial charge on any atom is -0.399 e. The highest BCUT2D eigenvalue weighted by Crippen LogP contribution is 2.18.